The fourth-order valence-corrected chi connectivity index (χ4v) is 4.27. The van der Waals surface area contributed by atoms with Crippen LogP contribution in [0.4, 0.5) is 34.9 Å². The molecule has 0 amide bonds. The van der Waals surface area contributed by atoms with Crippen LogP contribution >= 0.6 is 31.9 Å². The van der Waals surface area contributed by atoms with Gasteiger partial charge in [0.15, 0.2) is 0 Å². The molecule has 0 aliphatic heterocycles. The van der Waals surface area contributed by atoms with Crippen LogP contribution in [-0.2, 0) is 0 Å². The Morgan fingerprint density at radius 2 is 1.64 bits per heavy atom. The van der Waals surface area contributed by atoms with Crippen molar-refractivity contribution < 1.29 is 10.0 Å². The van der Waals surface area contributed by atoms with E-state index in [0.717, 1.165) is 15.7 Å². The number of nitro groups is 1. The molecule has 36 heavy (non-hydrogen) atoms. The van der Waals surface area contributed by atoms with Crippen LogP contribution in [-0.4, -0.2) is 31.2 Å². The Hall–Kier alpha value is -4.10. The number of aromatic hydroxyl groups is 1. The summed E-state index contributed by atoms with van der Waals surface area (Å²) in [4.78, 5) is 23.5. The molecule has 0 atom stereocenters. The van der Waals surface area contributed by atoms with Gasteiger partial charge in [0, 0.05) is 33.5 Å². The minimum Gasteiger partial charge on any atom is -0.506 e. The molecule has 4 N–H and O–H groups in total. The number of phenolic OH excluding ortho intramolecular Hbond substituents is 1. The van der Waals surface area contributed by atoms with E-state index < -0.39 is 4.92 Å². The third kappa shape index (κ3) is 6.31. The molecule has 182 valence electrons. The third-order valence-corrected chi connectivity index (χ3v) is 5.85. The third-order valence-electron chi connectivity index (χ3n) is 4.79. The number of nitro benzene ring substituents is 1. The molecule has 4 rings (SSSR count). The van der Waals surface area contributed by atoms with Crippen LogP contribution in [0.25, 0.3) is 0 Å². The second-order valence-corrected chi connectivity index (χ2v) is 9.14. The van der Waals surface area contributed by atoms with Crippen molar-refractivity contribution in [3.63, 3.8) is 0 Å². The van der Waals surface area contributed by atoms with Crippen molar-refractivity contribution in [3.8, 4) is 5.75 Å². The van der Waals surface area contributed by atoms with Crippen LogP contribution in [0.2, 0.25) is 0 Å². The predicted molar refractivity (Wildman–Crippen MR) is 145 cm³/mol. The van der Waals surface area contributed by atoms with Crippen molar-refractivity contribution >= 4 is 73.0 Å². The van der Waals surface area contributed by atoms with Crippen LogP contribution < -0.4 is 16.1 Å². The number of halogens is 2. The number of hydrogen-bond donors (Lipinski definition) is 4. The summed E-state index contributed by atoms with van der Waals surface area (Å²) in [5.74, 6) is 0.576. The SMILES string of the molecule is Cc1ccccc1Nc1nc(N/N=C\c2cc(Br)cc(Br)c2O)nc(Nc2ccc([N+](=O)[O-])cc2)n1. The van der Waals surface area contributed by atoms with E-state index >= 15 is 0 Å². The van der Waals surface area contributed by atoms with Gasteiger partial charge in [0.2, 0.25) is 17.8 Å². The van der Waals surface area contributed by atoms with Crippen LogP contribution in [0.5, 0.6) is 5.75 Å². The lowest BCUT2D eigenvalue weighted by Gasteiger charge is -2.11. The zero-order chi connectivity index (χ0) is 25.7. The lowest BCUT2D eigenvalue weighted by Crippen LogP contribution is -2.07. The number of anilines is 5. The fourth-order valence-electron chi connectivity index (χ4n) is 3.01. The van der Waals surface area contributed by atoms with Crippen LogP contribution in [0.3, 0.4) is 0 Å². The summed E-state index contributed by atoms with van der Waals surface area (Å²) >= 11 is 6.66. The maximum Gasteiger partial charge on any atom is 0.269 e. The summed E-state index contributed by atoms with van der Waals surface area (Å²) in [6, 6.07) is 16.9. The first-order valence-electron chi connectivity index (χ1n) is 10.4. The van der Waals surface area contributed by atoms with Crippen molar-refractivity contribution in [1.82, 2.24) is 15.0 Å². The van der Waals surface area contributed by atoms with Gasteiger partial charge >= 0.3 is 0 Å². The van der Waals surface area contributed by atoms with E-state index in [1.54, 1.807) is 24.3 Å². The van der Waals surface area contributed by atoms with Gasteiger partial charge in [0.05, 0.1) is 15.6 Å². The molecule has 0 saturated heterocycles. The Balaban J connectivity index is 1.62. The Labute approximate surface area is 222 Å². The van der Waals surface area contributed by atoms with Gasteiger partial charge in [0.1, 0.15) is 5.75 Å². The van der Waals surface area contributed by atoms with Gasteiger partial charge in [-0.1, -0.05) is 34.1 Å². The van der Waals surface area contributed by atoms with Gasteiger partial charge in [-0.25, -0.2) is 5.43 Å². The quantitative estimate of drug-likeness (QED) is 0.103. The smallest absolute Gasteiger partial charge is 0.269 e. The Morgan fingerprint density at radius 1 is 0.972 bits per heavy atom. The maximum absolute atomic E-state index is 10.9. The van der Waals surface area contributed by atoms with E-state index in [1.807, 2.05) is 31.2 Å². The highest BCUT2D eigenvalue weighted by atomic mass is 79.9. The number of nitrogens with zero attached hydrogens (tertiary/aromatic N) is 5. The number of hydrogen-bond acceptors (Lipinski definition) is 10. The number of aryl methyl sites for hydroxylation is 1. The predicted octanol–water partition coefficient (Wildman–Crippen LogP) is 6.25. The molecule has 11 nitrogen and oxygen atoms in total. The first-order valence-corrected chi connectivity index (χ1v) is 11.9. The number of aromatic nitrogens is 3. The molecule has 0 aliphatic carbocycles. The fraction of sp³-hybridized carbons (Fsp3) is 0.0435. The highest BCUT2D eigenvalue weighted by Crippen LogP contribution is 2.30. The van der Waals surface area contributed by atoms with E-state index in [0.29, 0.717) is 15.7 Å². The number of para-hydroxylation sites is 1. The van der Waals surface area contributed by atoms with Crippen LogP contribution in [0, 0.1) is 17.0 Å². The topological polar surface area (TPSA) is 150 Å². The Bertz CT molecular complexity index is 1450. The minimum atomic E-state index is -0.474. The van der Waals surface area contributed by atoms with E-state index in [9.17, 15) is 15.2 Å². The molecule has 13 heteroatoms. The average Bonchev–Trinajstić information content (AvgIpc) is 2.84. The van der Waals surface area contributed by atoms with E-state index in [-0.39, 0.29) is 29.3 Å². The molecule has 0 aliphatic rings. The molecule has 0 unspecified atom stereocenters. The lowest BCUT2D eigenvalue weighted by molar-refractivity contribution is -0.384. The monoisotopic (exact) mass is 612 g/mol. The van der Waals surface area contributed by atoms with Crippen molar-refractivity contribution in [2.75, 3.05) is 16.1 Å². The zero-order valence-corrected chi connectivity index (χ0v) is 21.8. The lowest BCUT2D eigenvalue weighted by atomic mass is 10.2. The number of non-ortho nitro benzene ring substituents is 1. The Morgan fingerprint density at radius 3 is 2.33 bits per heavy atom. The van der Waals surface area contributed by atoms with E-state index in [2.05, 4.69) is 68.0 Å². The molecule has 3 aromatic carbocycles. The largest absolute Gasteiger partial charge is 0.506 e. The molecule has 1 heterocycles. The number of hydrazone groups is 1. The molecule has 0 spiro atoms. The first kappa shape index (κ1) is 25.0. The van der Waals surface area contributed by atoms with Crippen molar-refractivity contribution in [3.05, 3.63) is 90.9 Å². The number of nitrogens with one attached hydrogen (secondary N) is 3. The second-order valence-electron chi connectivity index (χ2n) is 7.37. The molecule has 1 aromatic heterocycles. The van der Waals surface area contributed by atoms with Gasteiger partial charge in [0.25, 0.3) is 5.69 Å². The van der Waals surface area contributed by atoms with Gasteiger partial charge in [-0.3, -0.25) is 10.1 Å². The molecule has 0 bridgehead atoms. The molecule has 0 fully saturated rings. The second kappa shape index (κ2) is 11.1. The summed E-state index contributed by atoms with van der Waals surface area (Å²) in [5.41, 5.74) is 5.52. The summed E-state index contributed by atoms with van der Waals surface area (Å²) < 4.78 is 1.27. The summed E-state index contributed by atoms with van der Waals surface area (Å²) in [5, 5.41) is 31.5. The maximum atomic E-state index is 10.9. The number of rotatable bonds is 8. The van der Waals surface area contributed by atoms with Gasteiger partial charge in [-0.2, -0.15) is 20.1 Å². The molecular formula is C23H18Br2N8O3. The Kier molecular flexibility index (Phi) is 7.71. The van der Waals surface area contributed by atoms with E-state index in [4.69, 9.17) is 0 Å². The van der Waals surface area contributed by atoms with Crippen LogP contribution in [0.1, 0.15) is 11.1 Å². The highest BCUT2D eigenvalue weighted by molar-refractivity contribution is 9.11. The van der Waals surface area contributed by atoms with Crippen molar-refractivity contribution in [2.45, 2.75) is 6.92 Å². The van der Waals surface area contributed by atoms with Crippen LogP contribution in [0.15, 0.2) is 74.7 Å². The van der Waals surface area contributed by atoms with Crippen molar-refractivity contribution in [1.29, 1.82) is 0 Å². The number of benzene rings is 3. The molecule has 0 radical (unpaired) electrons. The van der Waals surface area contributed by atoms with Gasteiger partial charge in [-0.15, -0.1) is 0 Å². The number of phenols is 1. The summed E-state index contributed by atoms with van der Waals surface area (Å²) in [7, 11) is 0. The first-order chi connectivity index (χ1) is 17.3. The van der Waals surface area contributed by atoms with Gasteiger partial charge in [-0.05, 0) is 58.7 Å². The van der Waals surface area contributed by atoms with E-state index in [1.165, 1.54) is 18.3 Å². The van der Waals surface area contributed by atoms with Gasteiger partial charge < -0.3 is 15.7 Å². The molecular weight excluding hydrogens is 596 g/mol. The normalized spacial score (nSPS) is 10.9. The zero-order valence-electron chi connectivity index (χ0n) is 18.6. The minimum absolute atomic E-state index is 0.0295. The van der Waals surface area contributed by atoms with Crippen molar-refractivity contribution in [2.24, 2.45) is 5.10 Å². The standard InChI is InChI=1S/C23H18Br2N8O3/c1-13-4-2-3-5-19(13)28-22-29-21(27-16-6-8-17(9-7-16)33(35)36)30-23(31-22)32-26-12-14-10-15(24)11-18(25)20(14)34/h2-12,34H,1H3,(H3,27,28,29,30,31,32)/b26-12-. The average molecular weight is 614 g/mol. The summed E-state index contributed by atoms with van der Waals surface area (Å²) in [6.45, 7) is 1.95. The molecule has 0 saturated carbocycles. The molecule has 4 aromatic rings. The highest BCUT2D eigenvalue weighted by Gasteiger charge is 2.10. The summed E-state index contributed by atoms with van der Waals surface area (Å²) in [6.07, 6.45) is 1.42.